The lowest BCUT2D eigenvalue weighted by molar-refractivity contribution is -0.0669. The van der Waals surface area contributed by atoms with Crippen molar-refractivity contribution in [1.82, 2.24) is 0 Å². The second-order valence-electron chi connectivity index (χ2n) is 24.2. The van der Waals surface area contributed by atoms with Crippen molar-refractivity contribution in [1.29, 1.82) is 0 Å². The van der Waals surface area contributed by atoms with Gasteiger partial charge in [-0.05, 0) is 233 Å². The summed E-state index contributed by atoms with van der Waals surface area (Å²) in [6.07, 6.45) is 52.4. The van der Waals surface area contributed by atoms with Gasteiger partial charge < -0.3 is 0 Å². The third kappa shape index (κ3) is 5.34. The minimum atomic E-state index is 0.743. The first-order valence-corrected chi connectivity index (χ1v) is 26.3. The van der Waals surface area contributed by atoms with E-state index < -0.39 is 0 Å². The fourth-order valence-corrected chi connectivity index (χ4v) is 22.5. The standard InChI is InChI=1S/C53H84/c1-5-16-37-33(12-1)24-28-42(37)41-22-11-23-45-49(41)32-53(52(45)48-31-27-36-15-4-8-19-40(36)48)50(46-29-25-34-13-2-6-17-38(34)46)43-20-9-10-21-44(43)51(53)47-30-26-35-14-3-7-18-39(35)47/h33-52H,1-32H2. The molecule has 0 aliphatic heterocycles. The van der Waals surface area contributed by atoms with E-state index in [1.165, 1.54) is 0 Å². The molecule has 0 N–H and O–H groups in total. The Kier molecular flexibility index (Phi) is 9.30. The van der Waals surface area contributed by atoms with E-state index in [4.69, 9.17) is 0 Å². The highest BCUT2D eigenvalue weighted by Crippen LogP contribution is 2.80. The van der Waals surface area contributed by atoms with Gasteiger partial charge in [-0.1, -0.05) is 96.3 Å². The Morgan fingerprint density at radius 3 is 0.887 bits per heavy atom. The fraction of sp³-hybridized carbons (Fsp3) is 1.00. The van der Waals surface area contributed by atoms with Crippen LogP contribution >= 0.6 is 0 Å². The van der Waals surface area contributed by atoms with E-state index in [1.54, 1.807) is 205 Å². The molecule has 12 fully saturated rings. The molecule has 20 unspecified atom stereocenters. The van der Waals surface area contributed by atoms with Crippen molar-refractivity contribution in [2.24, 2.45) is 124 Å². The van der Waals surface area contributed by atoms with Gasteiger partial charge >= 0.3 is 0 Å². The summed E-state index contributed by atoms with van der Waals surface area (Å²) < 4.78 is 0. The molecule has 0 nitrogen and oxygen atoms in total. The third-order valence-electron chi connectivity index (χ3n) is 23.4. The zero-order chi connectivity index (χ0) is 34.7. The number of rotatable bonds is 4. The Hall–Kier alpha value is 0. The Morgan fingerprint density at radius 1 is 0.189 bits per heavy atom. The molecule has 53 heavy (non-hydrogen) atoms. The highest BCUT2D eigenvalue weighted by molar-refractivity contribution is 5.22. The van der Waals surface area contributed by atoms with Gasteiger partial charge in [0.1, 0.15) is 0 Å². The monoisotopic (exact) mass is 721 g/mol. The first-order chi connectivity index (χ1) is 26.3. The number of fused-ring (bicyclic) bond motifs is 6. The summed E-state index contributed by atoms with van der Waals surface area (Å²) in [5, 5.41) is 0. The second kappa shape index (κ2) is 14.1. The van der Waals surface area contributed by atoms with Gasteiger partial charge in [0.15, 0.2) is 0 Å². The van der Waals surface area contributed by atoms with Crippen molar-refractivity contribution in [2.75, 3.05) is 0 Å². The molecule has 0 bridgehead atoms. The quantitative estimate of drug-likeness (QED) is 0.271. The van der Waals surface area contributed by atoms with E-state index in [1.807, 2.05) is 0 Å². The normalized spacial score (nSPS) is 58.9. The molecule has 20 atom stereocenters. The number of hydrogen-bond donors (Lipinski definition) is 0. The predicted molar refractivity (Wildman–Crippen MR) is 220 cm³/mol. The van der Waals surface area contributed by atoms with Gasteiger partial charge in [0, 0.05) is 0 Å². The van der Waals surface area contributed by atoms with E-state index in [-0.39, 0.29) is 0 Å². The minimum Gasteiger partial charge on any atom is -0.0530 e. The van der Waals surface area contributed by atoms with Crippen LogP contribution in [-0.4, -0.2) is 0 Å². The molecule has 12 saturated carbocycles. The third-order valence-corrected chi connectivity index (χ3v) is 23.4. The minimum absolute atomic E-state index is 0.743. The summed E-state index contributed by atoms with van der Waals surface area (Å²) in [6, 6.07) is 0. The van der Waals surface area contributed by atoms with Gasteiger partial charge in [0.25, 0.3) is 0 Å². The highest BCUT2D eigenvalue weighted by atomic mass is 14.8. The first kappa shape index (κ1) is 35.0. The second-order valence-corrected chi connectivity index (χ2v) is 24.2. The number of hydrogen-bond acceptors (Lipinski definition) is 0. The van der Waals surface area contributed by atoms with Crippen molar-refractivity contribution < 1.29 is 0 Å². The molecule has 0 heterocycles. The molecular formula is C53H84. The average molecular weight is 721 g/mol. The van der Waals surface area contributed by atoms with Crippen molar-refractivity contribution >= 4 is 0 Å². The predicted octanol–water partition coefficient (Wildman–Crippen LogP) is 14.9. The average Bonchev–Trinajstić information content (AvgIpc) is 4.06. The Labute approximate surface area is 328 Å². The fourth-order valence-electron chi connectivity index (χ4n) is 22.5. The summed E-state index contributed by atoms with van der Waals surface area (Å²) in [4.78, 5) is 0. The zero-order valence-electron chi connectivity index (χ0n) is 34.7. The summed E-state index contributed by atoms with van der Waals surface area (Å²) >= 11 is 0. The molecular weight excluding hydrogens is 637 g/mol. The molecule has 0 radical (unpaired) electrons. The SMILES string of the molecule is C1CCC2C(C1)CCC2C1CCCC2C1CC1(C2C2CCC3CCCCC32)C(C2CCC3CCCCC32)C2CCCCC2C1C1CCC2CCCCC21. The van der Waals surface area contributed by atoms with E-state index in [0.29, 0.717) is 0 Å². The topological polar surface area (TPSA) is 0 Å². The molecule has 296 valence electrons. The van der Waals surface area contributed by atoms with Crippen molar-refractivity contribution in [3.8, 4) is 0 Å². The van der Waals surface area contributed by atoms with Gasteiger partial charge in [-0.15, -0.1) is 0 Å². The van der Waals surface area contributed by atoms with Gasteiger partial charge in [-0.25, -0.2) is 0 Å². The Balaban J connectivity index is 1.03. The van der Waals surface area contributed by atoms with Crippen molar-refractivity contribution in [3.63, 3.8) is 0 Å². The molecule has 12 rings (SSSR count). The smallest absolute Gasteiger partial charge is 0.0193 e. The first-order valence-electron chi connectivity index (χ1n) is 26.3. The van der Waals surface area contributed by atoms with Crippen LogP contribution in [0.3, 0.4) is 0 Å². The lowest BCUT2D eigenvalue weighted by atomic mass is 9.50. The summed E-state index contributed by atoms with van der Waals surface area (Å²) in [7, 11) is 0. The maximum Gasteiger partial charge on any atom is -0.0193 e. The van der Waals surface area contributed by atoms with Gasteiger partial charge in [-0.2, -0.15) is 0 Å². The molecule has 0 amide bonds. The summed E-state index contributed by atoms with van der Waals surface area (Å²) in [5.74, 6) is 22.8. The summed E-state index contributed by atoms with van der Waals surface area (Å²) in [5.41, 5.74) is 0.743. The van der Waals surface area contributed by atoms with E-state index in [2.05, 4.69) is 0 Å². The maximum atomic E-state index is 1.80. The van der Waals surface area contributed by atoms with Crippen LogP contribution in [0.2, 0.25) is 0 Å². The Bertz CT molecular complexity index is 1250. The van der Waals surface area contributed by atoms with Gasteiger partial charge in [0.2, 0.25) is 0 Å². The molecule has 0 aromatic heterocycles. The van der Waals surface area contributed by atoms with Crippen LogP contribution in [0.15, 0.2) is 0 Å². The van der Waals surface area contributed by atoms with Crippen LogP contribution in [0.1, 0.15) is 205 Å². The van der Waals surface area contributed by atoms with E-state index >= 15 is 0 Å². The Morgan fingerprint density at radius 2 is 0.453 bits per heavy atom. The molecule has 0 saturated heterocycles. The lowest BCUT2D eigenvalue weighted by Gasteiger charge is -2.54. The lowest BCUT2D eigenvalue weighted by Crippen LogP contribution is -2.49. The van der Waals surface area contributed by atoms with Crippen molar-refractivity contribution in [3.05, 3.63) is 0 Å². The molecule has 0 aromatic carbocycles. The largest absolute Gasteiger partial charge is 0.0530 e. The van der Waals surface area contributed by atoms with E-state index in [9.17, 15) is 0 Å². The van der Waals surface area contributed by atoms with Crippen molar-refractivity contribution in [2.45, 2.75) is 205 Å². The maximum absolute atomic E-state index is 1.80. The van der Waals surface area contributed by atoms with Crippen LogP contribution in [0.4, 0.5) is 0 Å². The van der Waals surface area contributed by atoms with Crippen LogP contribution in [-0.2, 0) is 0 Å². The zero-order valence-corrected chi connectivity index (χ0v) is 34.7. The van der Waals surface area contributed by atoms with Crippen LogP contribution in [0, 0.1) is 124 Å². The van der Waals surface area contributed by atoms with E-state index in [0.717, 1.165) is 124 Å². The molecule has 0 aromatic rings. The molecule has 0 heteroatoms. The van der Waals surface area contributed by atoms with Crippen LogP contribution < -0.4 is 0 Å². The van der Waals surface area contributed by atoms with Crippen LogP contribution in [0.5, 0.6) is 0 Å². The molecule has 1 spiro atoms. The van der Waals surface area contributed by atoms with Gasteiger partial charge in [-0.3, -0.25) is 0 Å². The molecule has 12 aliphatic carbocycles. The summed E-state index contributed by atoms with van der Waals surface area (Å²) in [6.45, 7) is 0. The molecule has 12 aliphatic rings. The van der Waals surface area contributed by atoms with Gasteiger partial charge in [0.05, 0.1) is 0 Å². The van der Waals surface area contributed by atoms with Crippen LogP contribution in [0.25, 0.3) is 0 Å². The highest BCUT2D eigenvalue weighted by Gasteiger charge is 2.74.